The van der Waals surface area contributed by atoms with Crippen LogP contribution in [0.4, 0.5) is 0 Å². The van der Waals surface area contributed by atoms with Gasteiger partial charge in [0, 0.05) is 18.3 Å². The van der Waals surface area contributed by atoms with Gasteiger partial charge in [0.1, 0.15) is 0 Å². The standard InChI is InChI=1S/C23H28NP/c1-4-11-20(12-5-1)24-18-10-13-21(24)19-25(22-14-6-2-7-15-22)23-16-8-3-9-17-23/h2-3,6-9,11,14-17,21H,1,4-5,10,12-13,18-19H2/t21-/m0/s1. The summed E-state index contributed by atoms with van der Waals surface area (Å²) in [6, 6.07) is 23.1. The summed E-state index contributed by atoms with van der Waals surface area (Å²) in [4.78, 5) is 2.76. The van der Waals surface area contributed by atoms with Gasteiger partial charge in [-0.15, -0.1) is 0 Å². The molecule has 0 amide bonds. The van der Waals surface area contributed by atoms with Crippen molar-refractivity contribution in [3.8, 4) is 0 Å². The van der Waals surface area contributed by atoms with Crippen LogP contribution in [-0.4, -0.2) is 23.6 Å². The van der Waals surface area contributed by atoms with Gasteiger partial charge in [-0.1, -0.05) is 66.7 Å². The van der Waals surface area contributed by atoms with Crippen molar-refractivity contribution in [1.82, 2.24) is 4.90 Å². The van der Waals surface area contributed by atoms with Gasteiger partial charge in [0.25, 0.3) is 0 Å². The van der Waals surface area contributed by atoms with E-state index in [-0.39, 0.29) is 7.92 Å². The average Bonchev–Trinajstić information content (AvgIpc) is 3.16. The van der Waals surface area contributed by atoms with E-state index in [9.17, 15) is 0 Å². The smallest absolute Gasteiger partial charge is 0.0332 e. The van der Waals surface area contributed by atoms with Gasteiger partial charge in [0.2, 0.25) is 0 Å². The van der Waals surface area contributed by atoms with E-state index in [1.54, 1.807) is 5.70 Å². The second-order valence-electron chi connectivity index (χ2n) is 7.21. The summed E-state index contributed by atoms with van der Waals surface area (Å²) in [5, 5.41) is 3.04. The zero-order chi connectivity index (χ0) is 16.9. The number of rotatable bonds is 5. The first-order chi connectivity index (χ1) is 12.4. The van der Waals surface area contributed by atoms with Gasteiger partial charge in [-0.2, -0.15) is 0 Å². The van der Waals surface area contributed by atoms with Crippen molar-refractivity contribution in [3.63, 3.8) is 0 Å². The topological polar surface area (TPSA) is 3.24 Å². The van der Waals surface area contributed by atoms with Gasteiger partial charge in [-0.05, 0) is 63.2 Å². The lowest BCUT2D eigenvalue weighted by Gasteiger charge is -2.33. The summed E-state index contributed by atoms with van der Waals surface area (Å²) in [5.74, 6) is 0. The molecule has 25 heavy (non-hydrogen) atoms. The third-order valence-corrected chi connectivity index (χ3v) is 8.17. The fourth-order valence-corrected chi connectivity index (χ4v) is 6.86. The molecule has 0 radical (unpaired) electrons. The maximum absolute atomic E-state index is 2.76. The first kappa shape index (κ1) is 16.9. The SMILES string of the molecule is C1=C(N2CCC[C@H]2CP(c2ccccc2)c2ccccc2)CCCC1. The Morgan fingerprint density at radius 2 is 1.52 bits per heavy atom. The maximum Gasteiger partial charge on any atom is 0.0332 e. The molecule has 1 heterocycles. The van der Waals surface area contributed by atoms with Crippen molar-refractivity contribution in [1.29, 1.82) is 0 Å². The van der Waals surface area contributed by atoms with E-state index in [0.717, 1.165) is 6.04 Å². The third-order valence-electron chi connectivity index (χ3n) is 5.54. The molecular weight excluding hydrogens is 321 g/mol. The van der Waals surface area contributed by atoms with Gasteiger partial charge in [-0.25, -0.2) is 0 Å². The first-order valence-corrected chi connectivity index (χ1v) is 11.3. The molecule has 1 aliphatic carbocycles. The van der Waals surface area contributed by atoms with E-state index in [1.807, 2.05) is 0 Å². The van der Waals surface area contributed by atoms with Crippen molar-refractivity contribution < 1.29 is 0 Å². The van der Waals surface area contributed by atoms with Crippen LogP contribution in [0.1, 0.15) is 38.5 Å². The average molecular weight is 349 g/mol. The Morgan fingerprint density at radius 1 is 0.840 bits per heavy atom. The summed E-state index contributed by atoms with van der Waals surface area (Å²) < 4.78 is 0. The molecule has 0 unspecified atom stereocenters. The molecule has 2 heteroatoms. The van der Waals surface area contributed by atoms with Crippen molar-refractivity contribution in [2.75, 3.05) is 12.7 Å². The van der Waals surface area contributed by atoms with Crippen LogP contribution >= 0.6 is 7.92 Å². The molecule has 0 N–H and O–H groups in total. The summed E-state index contributed by atoms with van der Waals surface area (Å²) in [6.07, 6.45) is 11.9. The van der Waals surface area contributed by atoms with Gasteiger partial charge in [0.05, 0.1) is 0 Å². The van der Waals surface area contributed by atoms with Crippen LogP contribution in [0.25, 0.3) is 0 Å². The Kier molecular flexibility index (Phi) is 5.52. The largest absolute Gasteiger partial charge is 0.372 e. The quantitative estimate of drug-likeness (QED) is 0.684. The predicted octanol–water partition coefficient (Wildman–Crippen LogP) is 5.04. The minimum atomic E-state index is -0.278. The van der Waals surface area contributed by atoms with Crippen LogP contribution in [0.2, 0.25) is 0 Å². The van der Waals surface area contributed by atoms with Crippen molar-refractivity contribution in [3.05, 3.63) is 72.4 Å². The molecule has 0 saturated carbocycles. The third kappa shape index (κ3) is 3.98. The highest BCUT2D eigenvalue weighted by Gasteiger charge is 2.29. The summed E-state index contributed by atoms with van der Waals surface area (Å²) in [7, 11) is -0.278. The van der Waals surface area contributed by atoms with Crippen LogP contribution in [0.15, 0.2) is 72.4 Å². The van der Waals surface area contributed by atoms with Crippen LogP contribution in [0.3, 0.4) is 0 Å². The second-order valence-corrected chi connectivity index (χ2v) is 9.47. The summed E-state index contributed by atoms with van der Waals surface area (Å²) in [6.45, 7) is 1.27. The molecule has 0 bridgehead atoms. The lowest BCUT2D eigenvalue weighted by atomic mass is 10.0. The van der Waals surface area contributed by atoms with E-state index in [4.69, 9.17) is 0 Å². The predicted molar refractivity (Wildman–Crippen MR) is 110 cm³/mol. The molecule has 2 aliphatic rings. The van der Waals surface area contributed by atoms with Crippen LogP contribution in [0.5, 0.6) is 0 Å². The highest BCUT2D eigenvalue weighted by molar-refractivity contribution is 7.73. The fourth-order valence-electron chi connectivity index (χ4n) is 4.27. The Morgan fingerprint density at radius 3 is 2.12 bits per heavy atom. The Bertz CT molecular complexity index is 655. The monoisotopic (exact) mass is 349 g/mol. The molecule has 0 aromatic heterocycles. The lowest BCUT2D eigenvalue weighted by molar-refractivity contribution is 0.321. The number of nitrogens with zero attached hydrogens (tertiary/aromatic N) is 1. The number of hydrogen-bond donors (Lipinski definition) is 0. The fraction of sp³-hybridized carbons (Fsp3) is 0.391. The molecule has 1 saturated heterocycles. The molecule has 1 atom stereocenters. The van der Waals surface area contributed by atoms with Gasteiger partial charge in [-0.3, -0.25) is 0 Å². The summed E-state index contributed by atoms with van der Waals surface area (Å²) in [5.41, 5.74) is 1.64. The van der Waals surface area contributed by atoms with Crippen molar-refractivity contribution in [2.45, 2.75) is 44.6 Å². The normalized spacial score (nSPS) is 20.8. The molecule has 1 fully saturated rings. The Labute approximate surface area is 153 Å². The van der Waals surface area contributed by atoms with E-state index in [1.165, 1.54) is 61.8 Å². The van der Waals surface area contributed by atoms with E-state index in [2.05, 4.69) is 71.6 Å². The molecule has 2 aromatic rings. The highest BCUT2D eigenvalue weighted by atomic mass is 31.1. The summed E-state index contributed by atoms with van der Waals surface area (Å²) >= 11 is 0. The number of likely N-dealkylation sites (tertiary alicyclic amines) is 1. The number of benzene rings is 2. The van der Waals surface area contributed by atoms with E-state index < -0.39 is 0 Å². The van der Waals surface area contributed by atoms with Gasteiger partial charge < -0.3 is 4.90 Å². The first-order valence-electron chi connectivity index (χ1n) is 9.75. The van der Waals surface area contributed by atoms with Gasteiger partial charge in [0.15, 0.2) is 0 Å². The zero-order valence-electron chi connectivity index (χ0n) is 15.0. The molecule has 0 spiro atoms. The zero-order valence-corrected chi connectivity index (χ0v) is 15.9. The van der Waals surface area contributed by atoms with E-state index in [0.29, 0.717) is 0 Å². The Hall–Kier alpha value is -1.59. The highest BCUT2D eigenvalue weighted by Crippen LogP contribution is 2.39. The molecule has 1 nitrogen and oxygen atoms in total. The Balaban J connectivity index is 1.59. The second kappa shape index (κ2) is 8.19. The number of hydrogen-bond acceptors (Lipinski definition) is 1. The lowest BCUT2D eigenvalue weighted by Crippen LogP contribution is -2.34. The maximum atomic E-state index is 2.76. The number of allylic oxidation sites excluding steroid dienone is 2. The molecule has 2 aromatic carbocycles. The molecule has 4 rings (SSSR count). The minimum Gasteiger partial charge on any atom is -0.372 e. The van der Waals surface area contributed by atoms with Crippen molar-refractivity contribution in [2.24, 2.45) is 0 Å². The van der Waals surface area contributed by atoms with E-state index >= 15 is 0 Å². The van der Waals surface area contributed by atoms with Crippen LogP contribution in [0, 0.1) is 0 Å². The molecule has 130 valence electrons. The minimum absolute atomic E-state index is 0.278. The van der Waals surface area contributed by atoms with Gasteiger partial charge >= 0.3 is 0 Å². The van der Waals surface area contributed by atoms with Crippen molar-refractivity contribution >= 4 is 18.5 Å². The molecule has 1 aliphatic heterocycles. The van der Waals surface area contributed by atoms with Crippen LogP contribution in [-0.2, 0) is 0 Å². The molecular formula is C23H28NP. The van der Waals surface area contributed by atoms with Crippen LogP contribution < -0.4 is 10.6 Å².